The second-order valence-electron chi connectivity index (χ2n) is 5.36. The van der Waals surface area contributed by atoms with Gasteiger partial charge in [-0.25, -0.2) is 4.79 Å². The minimum absolute atomic E-state index is 0.0604. The van der Waals surface area contributed by atoms with Crippen LogP contribution in [0.25, 0.3) is 0 Å². The zero-order valence-electron chi connectivity index (χ0n) is 13.9. The van der Waals surface area contributed by atoms with Crippen molar-refractivity contribution in [2.24, 2.45) is 10.9 Å². The number of carboxylic acids is 1. The monoisotopic (exact) mass is 413 g/mol. The minimum Gasteiger partial charge on any atom is -0.489 e. The van der Waals surface area contributed by atoms with Gasteiger partial charge in [0, 0.05) is 21.8 Å². The first kappa shape index (κ1) is 20.6. The van der Waals surface area contributed by atoms with Crippen LogP contribution < -0.4 is 15.8 Å². The average molecular weight is 414 g/mol. The largest absolute Gasteiger partial charge is 0.489 e. The predicted octanol–water partition coefficient (Wildman–Crippen LogP) is 2.70. The lowest BCUT2D eigenvalue weighted by molar-refractivity contribution is -0.138. The van der Waals surface area contributed by atoms with E-state index in [2.05, 4.69) is 10.5 Å². The van der Waals surface area contributed by atoms with Crippen LogP contribution in [0.3, 0.4) is 0 Å². The molecule has 2 rings (SSSR count). The molecule has 27 heavy (non-hydrogen) atoms. The zero-order chi connectivity index (χ0) is 20.0. The van der Waals surface area contributed by atoms with Crippen LogP contribution >= 0.6 is 23.2 Å². The van der Waals surface area contributed by atoms with Crippen LogP contribution in [-0.2, 0) is 4.79 Å². The van der Waals surface area contributed by atoms with E-state index in [4.69, 9.17) is 44.0 Å². The second kappa shape index (κ2) is 9.31. The molecule has 2 aromatic carbocycles. The van der Waals surface area contributed by atoms with Crippen LogP contribution in [0.15, 0.2) is 41.6 Å². The van der Waals surface area contributed by atoms with Gasteiger partial charge >= 0.3 is 5.97 Å². The number of hydrogen-bond donors (Lipinski definition) is 5. The molecule has 2 aromatic rings. The van der Waals surface area contributed by atoms with Gasteiger partial charge in [-0.2, -0.15) is 0 Å². The van der Waals surface area contributed by atoms with Crippen molar-refractivity contribution in [1.29, 1.82) is 0 Å². The summed E-state index contributed by atoms with van der Waals surface area (Å²) in [5.41, 5.74) is 6.63. The van der Waals surface area contributed by atoms with Crippen LogP contribution in [0, 0.1) is 0 Å². The van der Waals surface area contributed by atoms with Crippen molar-refractivity contribution in [1.82, 2.24) is 0 Å². The molecule has 0 fully saturated rings. The Labute approximate surface area is 164 Å². The molecule has 0 aromatic heterocycles. The number of hydrogen-bond acceptors (Lipinski definition) is 6. The Balaban J connectivity index is 2.39. The van der Waals surface area contributed by atoms with Gasteiger partial charge in [-0.15, -0.1) is 0 Å². The van der Waals surface area contributed by atoms with Gasteiger partial charge in [-0.05, 0) is 36.4 Å². The molecule has 6 N–H and O–H groups in total. The van der Waals surface area contributed by atoms with E-state index in [9.17, 15) is 9.90 Å². The Morgan fingerprint density at radius 3 is 2.48 bits per heavy atom. The number of nitrogens with one attached hydrogen (secondary N) is 1. The second-order valence-corrected chi connectivity index (χ2v) is 6.20. The maximum Gasteiger partial charge on any atom is 0.330 e. The number of nitrogens with two attached hydrogens (primary N) is 1. The van der Waals surface area contributed by atoms with Crippen molar-refractivity contribution in [2.45, 2.75) is 6.04 Å². The number of aliphatic hydroxyl groups excluding tert-OH is 1. The van der Waals surface area contributed by atoms with Crippen LogP contribution in [0.1, 0.15) is 17.2 Å². The molecule has 0 aliphatic rings. The summed E-state index contributed by atoms with van der Waals surface area (Å²) in [6.07, 6.45) is 0. The first-order valence-corrected chi connectivity index (χ1v) is 8.43. The highest BCUT2D eigenvalue weighted by atomic mass is 35.5. The summed E-state index contributed by atoms with van der Waals surface area (Å²) in [6, 6.07) is 7.88. The van der Waals surface area contributed by atoms with Crippen LogP contribution in [0.5, 0.6) is 5.75 Å². The number of oxime groups is 1. The lowest BCUT2D eigenvalue weighted by Crippen LogP contribution is -2.22. The highest BCUT2D eigenvalue weighted by molar-refractivity contribution is 6.35. The summed E-state index contributed by atoms with van der Waals surface area (Å²) < 4.78 is 5.40. The minimum atomic E-state index is -1.23. The summed E-state index contributed by atoms with van der Waals surface area (Å²) >= 11 is 12.1. The van der Waals surface area contributed by atoms with E-state index in [-0.39, 0.29) is 40.4 Å². The average Bonchev–Trinajstić information content (AvgIpc) is 2.64. The number of aliphatic hydroxyl groups is 1. The van der Waals surface area contributed by atoms with E-state index < -0.39 is 12.0 Å². The van der Waals surface area contributed by atoms with E-state index in [0.29, 0.717) is 11.3 Å². The number of carboxylic acid groups (broad SMARTS) is 1. The summed E-state index contributed by atoms with van der Waals surface area (Å²) in [7, 11) is 0. The molecule has 0 bridgehead atoms. The molecule has 1 unspecified atom stereocenters. The molecule has 0 spiro atoms. The van der Waals surface area contributed by atoms with Gasteiger partial charge in [0.05, 0.1) is 11.6 Å². The summed E-state index contributed by atoms with van der Waals surface area (Å²) in [5, 5.41) is 33.4. The molecule has 0 amide bonds. The highest BCUT2D eigenvalue weighted by Gasteiger charge is 2.26. The van der Waals surface area contributed by atoms with E-state index in [0.717, 1.165) is 0 Å². The number of amidine groups is 1. The van der Waals surface area contributed by atoms with Gasteiger partial charge in [0.25, 0.3) is 0 Å². The molecule has 0 radical (unpaired) electrons. The van der Waals surface area contributed by atoms with E-state index >= 15 is 0 Å². The van der Waals surface area contributed by atoms with Crippen molar-refractivity contribution >= 4 is 40.7 Å². The van der Waals surface area contributed by atoms with Gasteiger partial charge in [0.2, 0.25) is 0 Å². The number of aliphatic carboxylic acids is 1. The molecular weight excluding hydrogens is 397 g/mol. The van der Waals surface area contributed by atoms with Gasteiger partial charge in [0.15, 0.2) is 11.9 Å². The molecule has 8 nitrogen and oxygen atoms in total. The zero-order valence-corrected chi connectivity index (χ0v) is 15.4. The van der Waals surface area contributed by atoms with E-state index in [1.54, 1.807) is 24.3 Å². The van der Waals surface area contributed by atoms with Crippen LogP contribution in [0.2, 0.25) is 10.0 Å². The first-order valence-electron chi connectivity index (χ1n) is 7.67. The standard InChI is InChI=1S/C17H17Cl2N3O5/c18-10-7-12(15(13(19)8-10)27-6-5-23)14(17(24)25)21-11-3-1-9(2-4-11)16(20)22-26/h1-4,7-8,14,21,23,26H,5-6H2,(H2,20,22)(H,24,25). The lowest BCUT2D eigenvalue weighted by atomic mass is 10.0. The fraction of sp³-hybridized carbons (Fsp3) is 0.176. The quantitative estimate of drug-likeness (QED) is 0.194. The smallest absolute Gasteiger partial charge is 0.330 e. The maximum atomic E-state index is 11.8. The number of anilines is 1. The van der Waals surface area contributed by atoms with Crippen LogP contribution in [-0.4, -0.2) is 40.4 Å². The van der Waals surface area contributed by atoms with Crippen molar-refractivity contribution in [3.8, 4) is 5.75 Å². The summed E-state index contributed by atoms with van der Waals surface area (Å²) in [6.45, 7) is -0.325. The third-order valence-corrected chi connectivity index (χ3v) is 4.03. The van der Waals surface area contributed by atoms with Crippen molar-refractivity contribution in [2.75, 3.05) is 18.5 Å². The molecule has 0 heterocycles. The number of nitrogens with zero attached hydrogens (tertiary/aromatic N) is 1. The van der Waals surface area contributed by atoms with Gasteiger partial charge in [0.1, 0.15) is 12.4 Å². The van der Waals surface area contributed by atoms with Gasteiger partial charge < -0.3 is 31.2 Å². The Bertz CT molecular complexity index is 843. The fourth-order valence-electron chi connectivity index (χ4n) is 2.33. The Morgan fingerprint density at radius 2 is 1.93 bits per heavy atom. The van der Waals surface area contributed by atoms with E-state index in [1.165, 1.54) is 12.1 Å². The Morgan fingerprint density at radius 1 is 1.26 bits per heavy atom. The molecule has 1 atom stereocenters. The maximum absolute atomic E-state index is 11.8. The lowest BCUT2D eigenvalue weighted by Gasteiger charge is -2.21. The van der Waals surface area contributed by atoms with Crippen LogP contribution in [0.4, 0.5) is 5.69 Å². The van der Waals surface area contributed by atoms with Crippen molar-refractivity contribution < 1.29 is 25.0 Å². The molecule has 0 saturated heterocycles. The number of halogens is 2. The normalized spacial score (nSPS) is 12.5. The number of benzene rings is 2. The van der Waals surface area contributed by atoms with Crippen molar-refractivity contribution in [3.05, 3.63) is 57.6 Å². The van der Waals surface area contributed by atoms with Gasteiger partial charge in [-0.3, -0.25) is 0 Å². The molecule has 0 aliphatic carbocycles. The SMILES string of the molecule is N/C(=N\O)c1ccc(NC(C(=O)O)c2cc(Cl)cc(Cl)c2OCCO)cc1. The summed E-state index contributed by atoms with van der Waals surface area (Å²) in [5.74, 6) is -1.15. The first-order chi connectivity index (χ1) is 12.9. The highest BCUT2D eigenvalue weighted by Crippen LogP contribution is 2.37. The Hall–Kier alpha value is -2.68. The molecule has 144 valence electrons. The van der Waals surface area contributed by atoms with Gasteiger partial charge in [-0.1, -0.05) is 28.4 Å². The third-order valence-electron chi connectivity index (χ3n) is 3.53. The molecule has 10 heteroatoms. The molecule has 0 aliphatic heterocycles. The Kier molecular flexibility index (Phi) is 7.12. The number of ether oxygens (including phenoxy) is 1. The topological polar surface area (TPSA) is 137 Å². The van der Waals surface area contributed by atoms with Crippen molar-refractivity contribution in [3.63, 3.8) is 0 Å². The summed E-state index contributed by atoms with van der Waals surface area (Å²) in [4.78, 5) is 11.8. The third kappa shape index (κ3) is 5.16. The number of rotatable bonds is 8. The fourth-order valence-corrected chi connectivity index (χ4v) is 2.89. The predicted molar refractivity (Wildman–Crippen MR) is 102 cm³/mol. The molecule has 0 saturated carbocycles. The molecular formula is C17H17Cl2N3O5. The number of carbonyl (C=O) groups is 1. The van der Waals surface area contributed by atoms with E-state index in [1.807, 2.05) is 0 Å².